The number of Topliss-reactive ketones (excluding diaryl/α,β-unsaturated/α-hetero) is 1. The molecule has 0 bridgehead atoms. The summed E-state index contributed by atoms with van der Waals surface area (Å²) in [4.78, 5) is 27.2. The highest BCUT2D eigenvalue weighted by Gasteiger charge is 2.30. The summed E-state index contributed by atoms with van der Waals surface area (Å²) in [6.45, 7) is 3.38. The molecule has 0 fully saturated rings. The van der Waals surface area contributed by atoms with Gasteiger partial charge in [0.1, 0.15) is 0 Å². The summed E-state index contributed by atoms with van der Waals surface area (Å²) in [7, 11) is 0. The van der Waals surface area contributed by atoms with E-state index < -0.39 is 5.91 Å². The number of aliphatic imine (C=N–C) groups is 1. The average molecular weight is 215 g/mol. The van der Waals surface area contributed by atoms with E-state index in [-0.39, 0.29) is 17.3 Å². The molecule has 1 unspecified atom stereocenters. The third-order valence-electron chi connectivity index (χ3n) is 2.87. The molecule has 0 aromatic heterocycles. The lowest BCUT2D eigenvalue weighted by atomic mass is 9.82. The van der Waals surface area contributed by atoms with E-state index in [0.717, 1.165) is 11.3 Å². The van der Waals surface area contributed by atoms with Crippen molar-refractivity contribution in [2.75, 3.05) is 0 Å². The zero-order valence-corrected chi connectivity index (χ0v) is 9.36. The van der Waals surface area contributed by atoms with Crippen LogP contribution in [0.3, 0.4) is 0 Å². The second kappa shape index (κ2) is 4.00. The first kappa shape index (κ1) is 10.7. The number of amides is 1. The molecule has 0 N–H and O–H groups in total. The van der Waals surface area contributed by atoms with Gasteiger partial charge in [-0.3, -0.25) is 9.59 Å². The Morgan fingerprint density at radius 1 is 1.44 bits per heavy atom. The van der Waals surface area contributed by atoms with Gasteiger partial charge in [0.15, 0.2) is 5.78 Å². The normalized spacial score (nSPS) is 23.2. The molecular weight excluding hydrogens is 202 g/mol. The number of ketones is 1. The van der Waals surface area contributed by atoms with Crippen LogP contribution in [0.2, 0.25) is 0 Å². The molecule has 3 heteroatoms. The summed E-state index contributed by atoms with van der Waals surface area (Å²) >= 11 is 0. The lowest BCUT2D eigenvalue weighted by Gasteiger charge is -2.24. The molecule has 1 atom stereocenters. The first-order valence-corrected chi connectivity index (χ1v) is 5.37. The first-order chi connectivity index (χ1) is 7.65. The van der Waals surface area contributed by atoms with Crippen molar-refractivity contribution in [3.63, 3.8) is 0 Å². The van der Waals surface area contributed by atoms with E-state index >= 15 is 0 Å². The van der Waals surface area contributed by atoms with Crippen LogP contribution in [0.25, 0.3) is 0 Å². The number of fused-ring (bicyclic) bond motifs is 1. The summed E-state index contributed by atoms with van der Waals surface area (Å²) in [6, 6.07) is 0. The van der Waals surface area contributed by atoms with Gasteiger partial charge in [0.2, 0.25) is 0 Å². The maximum Gasteiger partial charge on any atom is 0.280 e. The van der Waals surface area contributed by atoms with Crippen LogP contribution < -0.4 is 0 Å². The van der Waals surface area contributed by atoms with Crippen LogP contribution in [0.1, 0.15) is 20.3 Å². The number of hydrogen-bond acceptors (Lipinski definition) is 2. The van der Waals surface area contributed by atoms with Crippen molar-refractivity contribution in [1.82, 2.24) is 0 Å². The van der Waals surface area contributed by atoms with Crippen LogP contribution >= 0.6 is 0 Å². The molecule has 16 heavy (non-hydrogen) atoms. The Labute approximate surface area is 94.3 Å². The van der Waals surface area contributed by atoms with Gasteiger partial charge in [-0.2, -0.15) is 0 Å². The highest BCUT2D eigenvalue weighted by Crippen LogP contribution is 2.29. The quantitative estimate of drug-likeness (QED) is 0.661. The average Bonchev–Trinajstić information content (AvgIpc) is 2.26. The van der Waals surface area contributed by atoms with Gasteiger partial charge in [-0.05, 0) is 25.0 Å². The van der Waals surface area contributed by atoms with Gasteiger partial charge in [0, 0.05) is 5.92 Å². The van der Waals surface area contributed by atoms with Crippen molar-refractivity contribution in [3.8, 4) is 0 Å². The zero-order chi connectivity index (χ0) is 11.7. The molecule has 1 amide bonds. The monoisotopic (exact) mass is 215 g/mol. The van der Waals surface area contributed by atoms with Crippen LogP contribution in [0.15, 0.2) is 40.4 Å². The Hall–Kier alpha value is -1.77. The second-order valence-corrected chi connectivity index (χ2v) is 3.87. The molecule has 0 radical (unpaired) electrons. The summed E-state index contributed by atoms with van der Waals surface area (Å²) in [5.41, 5.74) is 1.91. The van der Waals surface area contributed by atoms with Gasteiger partial charge in [-0.25, -0.2) is 4.99 Å². The minimum absolute atomic E-state index is 0.00611. The summed E-state index contributed by atoms with van der Waals surface area (Å²) in [5, 5.41) is 0. The van der Waals surface area contributed by atoms with Gasteiger partial charge >= 0.3 is 0 Å². The lowest BCUT2D eigenvalue weighted by Crippen LogP contribution is -2.27. The number of hydrogen-bond donors (Lipinski definition) is 0. The molecule has 0 aromatic rings. The van der Waals surface area contributed by atoms with E-state index in [9.17, 15) is 9.59 Å². The zero-order valence-electron chi connectivity index (χ0n) is 9.36. The topological polar surface area (TPSA) is 46.5 Å². The van der Waals surface area contributed by atoms with Crippen molar-refractivity contribution in [2.45, 2.75) is 20.3 Å². The standard InChI is InChI=1S/C13H13NO2/c1-3-9-10-6-4-5-7-11(10)14-13(16)12(9)8(2)15/h4-7,10H,3H2,1-2H3. The number of dihydropyridines is 1. The van der Waals surface area contributed by atoms with Crippen LogP contribution in [-0.2, 0) is 9.59 Å². The number of carbonyl (C=O) groups excluding carboxylic acids is 2. The van der Waals surface area contributed by atoms with Crippen molar-refractivity contribution in [3.05, 3.63) is 35.5 Å². The SMILES string of the molecule is CCC1=C(C(C)=O)C(=O)N=C2C=CC=CC21. The number of rotatable bonds is 2. The van der Waals surface area contributed by atoms with Gasteiger partial charge in [-0.1, -0.05) is 25.2 Å². The van der Waals surface area contributed by atoms with Crippen molar-refractivity contribution in [1.29, 1.82) is 0 Å². The fourth-order valence-corrected chi connectivity index (χ4v) is 2.17. The Kier molecular flexibility index (Phi) is 2.69. The molecule has 2 aliphatic rings. The minimum atomic E-state index is -0.393. The molecule has 3 nitrogen and oxygen atoms in total. The van der Waals surface area contributed by atoms with E-state index in [1.165, 1.54) is 6.92 Å². The fourth-order valence-electron chi connectivity index (χ4n) is 2.17. The van der Waals surface area contributed by atoms with E-state index in [0.29, 0.717) is 6.42 Å². The molecule has 0 aromatic carbocycles. The maximum atomic E-state index is 11.7. The molecule has 82 valence electrons. The Morgan fingerprint density at radius 2 is 2.19 bits per heavy atom. The van der Waals surface area contributed by atoms with Gasteiger partial charge < -0.3 is 0 Å². The second-order valence-electron chi connectivity index (χ2n) is 3.87. The van der Waals surface area contributed by atoms with E-state index in [1.807, 2.05) is 31.2 Å². The highest BCUT2D eigenvalue weighted by atomic mass is 16.2. The van der Waals surface area contributed by atoms with E-state index in [4.69, 9.17) is 0 Å². The molecule has 1 aliphatic heterocycles. The van der Waals surface area contributed by atoms with Crippen LogP contribution in [0, 0.1) is 5.92 Å². The van der Waals surface area contributed by atoms with Crippen molar-refractivity contribution in [2.24, 2.45) is 10.9 Å². The van der Waals surface area contributed by atoms with Gasteiger partial charge in [0.25, 0.3) is 5.91 Å². The van der Waals surface area contributed by atoms with Crippen molar-refractivity contribution >= 4 is 17.4 Å². The number of allylic oxidation sites excluding steroid dienone is 5. The van der Waals surface area contributed by atoms with Crippen LogP contribution in [-0.4, -0.2) is 17.4 Å². The molecule has 0 saturated carbocycles. The van der Waals surface area contributed by atoms with Crippen LogP contribution in [0.4, 0.5) is 0 Å². The van der Waals surface area contributed by atoms with Gasteiger partial charge in [-0.15, -0.1) is 0 Å². The van der Waals surface area contributed by atoms with Crippen LogP contribution in [0.5, 0.6) is 0 Å². The highest BCUT2D eigenvalue weighted by molar-refractivity contribution is 6.25. The number of carbonyl (C=O) groups is 2. The predicted octanol–water partition coefficient (Wildman–Crippen LogP) is 2.01. The Balaban J connectivity index is 2.55. The Bertz CT molecular complexity index is 478. The fraction of sp³-hybridized carbons (Fsp3) is 0.308. The largest absolute Gasteiger partial charge is 0.294 e. The molecular formula is C13H13NO2. The third kappa shape index (κ3) is 1.58. The molecule has 1 aliphatic carbocycles. The molecule has 0 spiro atoms. The predicted molar refractivity (Wildman–Crippen MR) is 62.2 cm³/mol. The maximum absolute atomic E-state index is 11.7. The van der Waals surface area contributed by atoms with E-state index in [2.05, 4.69) is 4.99 Å². The first-order valence-electron chi connectivity index (χ1n) is 5.37. The Morgan fingerprint density at radius 3 is 2.81 bits per heavy atom. The number of nitrogens with zero attached hydrogens (tertiary/aromatic N) is 1. The van der Waals surface area contributed by atoms with Gasteiger partial charge in [0.05, 0.1) is 11.3 Å². The molecule has 0 saturated heterocycles. The minimum Gasteiger partial charge on any atom is -0.294 e. The summed E-state index contributed by atoms with van der Waals surface area (Å²) in [6.07, 6.45) is 8.28. The van der Waals surface area contributed by atoms with Crippen molar-refractivity contribution < 1.29 is 9.59 Å². The smallest absolute Gasteiger partial charge is 0.280 e. The molecule has 2 rings (SSSR count). The summed E-state index contributed by atoms with van der Waals surface area (Å²) < 4.78 is 0. The lowest BCUT2D eigenvalue weighted by molar-refractivity contribution is -0.120. The third-order valence-corrected chi connectivity index (χ3v) is 2.87. The summed E-state index contributed by atoms with van der Waals surface area (Å²) in [5.74, 6) is -0.574. The van der Waals surface area contributed by atoms with E-state index in [1.54, 1.807) is 0 Å². The molecule has 1 heterocycles.